The number of benzene rings is 1. The summed E-state index contributed by atoms with van der Waals surface area (Å²) in [6, 6.07) is 8.22. The highest BCUT2D eigenvalue weighted by atomic mass is 16.5. The summed E-state index contributed by atoms with van der Waals surface area (Å²) >= 11 is 0. The van der Waals surface area contributed by atoms with E-state index in [1.165, 1.54) is 7.11 Å². The number of para-hydroxylation sites is 1. The summed E-state index contributed by atoms with van der Waals surface area (Å²) in [5, 5.41) is 5.16. The van der Waals surface area contributed by atoms with Crippen molar-refractivity contribution in [3.63, 3.8) is 0 Å². The lowest BCUT2D eigenvalue weighted by Crippen LogP contribution is -2.48. The van der Waals surface area contributed by atoms with Gasteiger partial charge in [-0.3, -0.25) is 14.5 Å². The van der Waals surface area contributed by atoms with Gasteiger partial charge in [-0.1, -0.05) is 18.2 Å². The average molecular weight is 291 g/mol. The maximum absolute atomic E-state index is 12.2. The van der Waals surface area contributed by atoms with Crippen LogP contribution in [0.1, 0.15) is 6.92 Å². The van der Waals surface area contributed by atoms with Crippen LogP contribution in [-0.4, -0.2) is 48.5 Å². The molecule has 0 aliphatic carbocycles. The minimum Gasteiger partial charge on any atom is -0.382 e. The fraction of sp³-hybridized carbons (Fsp3) is 0.357. The van der Waals surface area contributed by atoms with Crippen molar-refractivity contribution in [3.8, 4) is 0 Å². The molecule has 2 N–H and O–H groups in total. The van der Waals surface area contributed by atoms with E-state index in [9.17, 15) is 14.4 Å². The third-order valence-corrected chi connectivity index (χ3v) is 3.14. The molecule has 2 rings (SSSR count). The summed E-state index contributed by atoms with van der Waals surface area (Å²) < 4.78 is 4.93. The maximum Gasteiger partial charge on any atom is 0.325 e. The number of ether oxygens (including phenoxy) is 1. The van der Waals surface area contributed by atoms with E-state index < -0.39 is 23.4 Å². The zero-order valence-corrected chi connectivity index (χ0v) is 11.9. The molecule has 1 saturated heterocycles. The van der Waals surface area contributed by atoms with Crippen molar-refractivity contribution in [1.29, 1.82) is 0 Å². The van der Waals surface area contributed by atoms with Gasteiger partial charge in [0.2, 0.25) is 5.91 Å². The Morgan fingerprint density at radius 3 is 2.62 bits per heavy atom. The number of amides is 4. The van der Waals surface area contributed by atoms with Crippen molar-refractivity contribution in [1.82, 2.24) is 10.2 Å². The lowest BCUT2D eigenvalue weighted by atomic mass is 10.0. The summed E-state index contributed by atoms with van der Waals surface area (Å²) in [5.41, 5.74) is -0.520. The zero-order chi connectivity index (χ0) is 15.5. The molecule has 21 heavy (non-hydrogen) atoms. The van der Waals surface area contributed by atoms with Crippen molar-refractivity contribution in [3.05, 3.63) is 30.3 Å². The van der Waals surface area contributed by atoms with Crippen LogP contribution in [-0.2, 0) is 14.3 Å². The van der Waals surface area contributed by atoms with Gasteiger partial charge in [0.1, 0.15) is 12.1 Å². The third kappa shape index (κ3) is 3.19. The molecule has 0 radical (unpaired) electrons. The summed E-state index contributed by atoms with van der Waals surface area (Å²) in [6.45, 7) is 1.28. The average Bonchev–Trinajstić information content (AvgIpc) is 2.64. The fourth-order valence-corrected chi connectivity index (χ4v) is 2.14. The van der Waals surface area contributed by atoms with Gasteiger partial charge in [0, 0.05) is 12.8 Å². The minimum absolute atomic E-state index is 0.0500. The molecule has 1 aliphatic rings. The van der Waals surface area contributed by atoms with Gasteiger partial charge in [-0.05, 0) is 19.1 Å². The Balaban J connectivity index is 2.01. The van der Waals surface area contributed by atoms with Crippen LogP contribution in [0, 0.1) is 0 Å². The van der Waals surface area contributed by atoms with Crippen molar-refractivity contribution in [2.75, 3.05) is 25.6 Å². The Hall–Kier alpha value is -2.41. The SMILES string of the molecule is COC[C@@]1(C)NC(=O)N(CC(=O)Nc2ccccc2)C1=O. The van der Waals surface area contributed by atoms with E-state index >= 15 is 0 Å². The predicted octanol–water partition coefficient (Wildman–Crippen LogP) is 0.582. The van der Waals surface area contributed by atoms with Gasteiger partial charge in [0.25, 0.3) is 5.91 Å². The fourth-order valence-electron chi connectivity index (χ4n) is 2.14. The first-order valence-electron chi connectivity index (χ1n) is 6.44. The highest BCUT2D eigenvalue weighted by molar-refractivity contribution is 6.10. The van der Waals surface area contributed by atoms with Crippen LogP contribution >= 0.6 is 0 Å². The number of hydrogen-bond donors (Lipinski definition) is 2. The molecule has 1 atom stereocenters. The summed E-state index contributed by atoms with van der Waals surface area (Å²) in [4.78, 5) is 36.8. The van der Waals surface area contributed by atoms with E-state index in [1.807, 2.05) is 6.07 Å². The molecule has 0 saturated carbocycles. The van der Waals surface area contributed by atoms with E-state index in [0.717, 1.165) is 4.90 Å². The van der Waals surface area contributed by atoms with Crippen LogP contribution in [0.5, 0.6) is 0 Å². The van der Waals surface area contributed by atoms with Crippen molar-refractivity contribution >= 4 is 23.5 Å². The molecular weight excluding hydrogens is 274 g/mol. The standard InChI is InChI=1S/C14H17N3O4/c1-14(9-21-2)12(19)17(13(20)16-14)8-11(18)15-10-6-4-3-5-7-10/h3-7H,8-9H2,1-2H3,(H,15,18)(H,16,20)/t14-/m1/s1. The lowest BCUT2D eigenvalue weighted by molar-refractivity contribution is -0.134. The van der Waals surface area contributed by atoms with Crippen LogP contribution in [0.2, 0.25) is 0 Å². The number of carbonyl (C=O) groups excluding carboxylic acids is 3. The largest absolute Gasteiger partial charge is 0.382 e. The van der Waals surface area contributed by atoms with E-state index in [4.69, 9.17) is 4.74 Å². The van der Waals surface area contributed by atoms with Gasteiger partial charge in [-0.25, -0.2) is 4.79 Å². The number of imide groups is 1. The number of anilines is 1. The smallest absolute Gasteiger partial charge is 0.325 e. The molecular formula is C14H17N3O4. The van der Waals surface area contributed by atoms with Gasteiger partial charge >= 0.3 is 6.03 Å². The molecule has 0 bridgehead atoms. The van der Waals surface area contributed by atoms with Gasteiger partial charge in [-0.15, -0.1) is 0 Å². The minimum atomic E-state index is -1.13. The number of carbonyl (C=O) groups is 3. The van der Waals surface area contributed by atoms with Crippen LogP contribution in [0.3, 0.4) is 0 Å². The highest BCUT2D eigenvalue weighted by Crippen LogP contribution is 2.18. The van der Waals surface area contributed by atoms with Gasteiger partial charge in [0.15, 0.2) is 0 Å². The van der Waals surface area contributed by atoms with Gasteiger partial charge < -0.3 is 15.4 Å². The molecule has 1 heterocycles. The molecule has 1 fully saturated rings. The number of nitrogens with zero attached hydrogens (tertiary/aromatic N) is 1. The topological polar surface area (TPSA) is 87.7 Å². The molecule has 4 amide bonds. The Kier molecular flexibility index (Phi) is 4.23. The molecule has 0 unspecified atom stereocenters. The third-order valence-electron chi connectivity index (χ3n) is 3.14. The first kappa shape index (κ1) is 15.0. The molecule has 1 aliphatic heterocycles. The first-order valence-corrected chi connectivity index (χ1v) is 6.44. The van der Waals surface area contributed by atoms with E-state index in [2.05, 4.69) is 10.6 Å². The predicted molar refractivity (Wildman–Crippen MR) is 75.6 cm³/mol. The quantitative estimate of drug-likeness (QED) is 0.777. The summed E-state index contributed by atoms with van der Waals surface area (Å²) in [5.74, 6) is -0.913. The van der Waals surface area contributed by atoms with Crippen molar-refractivity contribution in [2.24, 2.45) is 0 Å². The first-order chi connectivity index (χ1) is 9.96. The monoisotopic (exact) mass is 291 g/mol. The van der Waals surface area contributed by atoms with Crippen LogP contribution in [0.25, 0.3) is 0 Å². The molecule has 0 spiro atoms. The number of methoxy groups -OCH3 is 1. The van der Waals surface area contributed by atoms with E-state index in [1.54, 1.807) is 31.2 Å². The molecule has 7 nitrogen and oxygen atoms in total. The molecule has 112 valence electrons. The zero-order valence-electron chi connectivity index (χ0n) is 11.9. The maximum atomic E-state index is 12.2. The van der Waals surface area contributed by atoms with E-state index in [-0.39, 0.29) is 13.2 Å². The molecule has 7 heteroatoms. The summed E-state index contributed by atoms with van der Waals surface area (Å²) in [7, 11) is 1.44. The van der Waals surface area contributed by atoms with Crippen LogP contribution in [0.15, 0.2) is 30.3 Å². The number of urea groups is 1. The van der Waals surface area contributed by atoms with Crippen LogP contribution < -0.4 is 10.6 Å². The molecule has 0 aromatic heterocycles. The highest BCUT2D eigenvalue weighted by Gasteiger charge is 2.48. The van der Waals surface area contributed by atoms with E-state index in [0.29, 0.717) is 5.69 Å². The number of nitrogens with one attached hydrogen (secondary N) is 2. The van der Waals surface area contributed by atoms with Gasteiger partial charge in [-0.2, -0.15) is 0 Å². The second-order valence-corrected chi connectivity index (χ2v) is 5.00. The normalized spacial score (nSPS) is 21.3. The Morgan fingerprint density at radius 2 is 2.00 bits per heavy atom. The summed E-state index contributed by atoms with van der Waals surface area (Å²) in [6.07, 6.45) is 0. The number of rotatable bonds is 5. The molecule has 1 aromatic carbocycles. The Labute approximate surface area is 122 Å². The van der Waals surface area contributed by atoms with Gasteiger partial charge in [0.05, 0.1) is 6.61 Å². The Morgan fingerprint density at radius 1 is 1.33 bits per heavy atom. The second kappa shape index (κ2) is 5.92. The Bertz CT molecular complexity index is 561. The van der Waals surface area contributed by atoms with Crippen molar-refractivity contribution < 1.29 is 19.1 Å². The van der Waals surface area contributed by atoms with Crippen molar-refractivity contribution in [2.45, 2.75) is 12.5 Å². The molecule has 1 aromatic rings. The van der Waals surface area contributed by atoms with Crippen LogP contribution in [0.4, 0.5) is 10.5 Å². The second-order valence-electron chi connectivity index (χ2n) is 5.00. The number of hydrogen-bond acceptors (Lipinski definition) is 4. The lowest BCUT2D eigenvalue weighted by Gasteiger charge is -2.20.